The van der Waals surface area contributed by atoms with Crippen molar-refractivity contribution in [2.45, 2.75) is 33.4 Å². The molecule has 0 fully saturated rings. The van der Waals surface area contributed by atoms with E-state index in [1.165, 1.54) is 36.5 Å². The normalized spacial score (nSPS) is 11.8. The van der Waals surface area contributed by atoms with Gasteiger partial charge in [-0.15, -0.1) is 0 Å². The van der Waals surface area contributed by atoms with E-state index in [9.17, 15) is 19.7 Å². The van der Waals surface area contributed by atoms with Crippen LogP contribution in [0.2, 0.25) is 10.0 Å². The van der Waals surface area contributed by atoms with Crippen LogP contribution in [-0.2, 0) is 11.4 Å². The lowest BCUT2D eigenvalue weighted by molar-refractivity contribution is -0.384. The average Bonchev–Trinajstić information content (AvgIpc) is 2.92. The summed E-state index contributed by atoms with van der Waals surface area (Å²) in [5.74, 6) is -0.242. The van der Waals surface area contributed by atoms with Crippen molar-refractivity contribution in [3.05, 3.63) is 97.5 Å². The highest BCUT2D eigenvalue weighted by atomic mass is 35.5. The zero-order chi connectivity index (χ0) is 29.2. The zero-order valence-corrected chi connectivity index (χ0v) is 23.5. The van der Waals surface area contributed by atoms with Gasteiger partial charge in [0.25, 0.3) is 17.5 Å². The maximum absolute atomic E-state index is 12.8. The van der Waals surface area contributed by atoms with Crippen LogP contribution in [0.1, 0.15) is 42.3 Å². The Bertz CT molecular complexity index is 1400. The summed E-state index contributed by atoms with van der Waals surface area (Å²) in [4.78, 5) is 35.8. The Morgan fingerprint density at radius 2 is 1.73 bits per heavy atom. The lowest BCUT2D eigenvalue weighted by atomic mass is 10.0. The Morgan fingerprint density at radius 1 is 1.00 bits per heavy atom. The number of ether oxygens (including phenoxy) is 2. The van der Waals surface area contributed by atoms with Gasteiger partial charge in [-0.1, -0.05) is 37.0 Å². The molecule has 40 heavy (non-hydrogen) atoms. The van der Waals surface area contributed by atoms with Gasteiger partial charge in [-0.25, -0.2) is 5.43 Å². The van der Waals surface area contributed by atoms with Crippen LogP contribution in [0.5, 0.6) is 11.5 Å². The van der Waals surface area contributed by atoms with Gasteiger partial charge < -0.3 is 14.8 Å². The number of non-ortho nitro benzene ring substituents is 1. The summed E-state index contributed by atoms with van der Waals surface area (Å²) < 4.78 is 11.5. The van der Waals surface area contributed by atoms with Gasteiger partial charge >= 0.3 is 0 Å². The van der Waals surface area contributed by atoms with Gasteiger partial charge in [-0.05, 0) is 72.5 Å². The molecule has 0 aromatic heterocycles. The minimum Gasteiger partial charge on any atom is -0.490 e. The molecule has 0 heterocycles. The fraction of sp³-hybridized carbons (Fsp3) is 0.250. The molecule has 0 radical (unpaired) electrons. The molecule has 2 N–H and O–H groups in total. The summed E-state index contributed by atoms with van der Waals surface area (Å²) in [5.41, 5.74) is 4.13. The monoisotopic (exact) mass is 586 g/mol. The van der Waals surface area contributed by atoms with E-state index in [1.54, 1.807) is 44.2 Å². The molecule has 12 heteroatoms. The van der Waals surface area contributed by atoms with E-state index in [-0.39, 0.29) is 28.8 Å². The quantitative estimate of drug-likeness (QED) is 0.157. The second-order valence-electron chi connectivity index (χ2n) is 8.91. The third-order valence-electron chi connectivity index (χ3n) is 5.61. The Hall–Kier alpha value is -4.15. The Labute approximate surface area is 241 Å². The summed E-state index contributed by atoms with van der Waals surface area (Å²) >= 11 is 11.9. The number of benzene rings is 3. The van der Waals surface area contributed by atoms with Crippen LogP contribution < -0.4 is 20.2 Å². The predicted molar refractivity (Wildman–Crippen MR) is 153 cm³/mol. The molecule has 3 aromatic rings. The summed E-state index contributed by atoms with van der Waals surface area (Å²) in [5, 5.41) is 18.1. The second-order valence-corrected chi connectivity index (χ2v) is 9.72. The topological polar surface area (TPSA) is 132 Å². The highest BCUT2D eigenvalue weighted by molar-refractivity contribution is 6.42. The van der Waals surface area contributed by atoms with Gasteiger partial charge in [-0.3, -0.25) is 19.7 Å². The fourth-order valence-corrected chi connectivity index (χ4v) is 3.80. The third-order valence-corrected chi connectivity index (χ3v) is 6.35. The molecule has 0 saturated carbocycles. The SMILES string of the molecule is CCOc1cc(C=NNC(=O)C(NC(=O)c2ccc(Cl)c(Cl)c2)C(C)C)ccc1OCc1ccc([N+](=O)[O-])cc1. The molecule has 0 aliphatic rings. The summed E-state index contributed by atoms with van der Waals surface area (Å²) in [7, 11) is 0. The van der Waals surface area contributed by atoms with Crippen molar-refractivity contribution in [2.75, 3.05) is 6.61 Å². The number of rotatable bonds is 12. The van der Waals surface area contributed by atoms with Crippen LogP contribution in [0.3, 0.4) is 0 Å². The van der Waals surface area contributed by atoms with Gasteiger partial charge in [0.2, 0.25) is 0 Å². The zero-order valence-electron chi connectivity index (χ0n) is 22.0. The number of hydrogen-bond acceptors (Lipinski definition) is 7. The Morgan fingerprint density at radius 3 is 2.35 bits per heavy atom. The average molecular weight is 587 g/mol. The van der Waals surface area contributed by atoms with Gasteiger partial charge in [0.05, 0.1) is 27.8 Å². The molecule has 210 valence electrons. The first-order valence-electron chi connectivity index (χ1n) is 12.3. The standard InChI is InChI=1S/C28H28Cl2N4O6/c1-4-39-25-13-19(7-12-24(25)40-16-18-5-9-21(10-6-18)34(37)38)15-31-33-28(36)26(17(2)3)32-27(35)20-8-11-22(29)23(30)14-20/h5-15,17,26H,4,16H2,1-3H3,(H,32,35)(H,33,36). The maximum atomic E-state index is 12.8. The molecule has 1 unspecified atom stereocenters. The van der Waals surface area contributed by atoms with Gasteiger partial charge in [0.1, 0.15) is 12.6 Å². The number of halogens is 2. The molecule has 2 amide bonds. The lowest BCUT2D eigenvalue weighted by Gasteiger charge is -2.20. The number of hydrogen-bond donors (Lipinski definition) is 2. The van der Waals surface area contributed by atoms with Crippen LogP contribution in [0.4, 0.5) is 5.69 Å². The van der Waals surface area contributed by atoms with Crippen molar-refractivity contribution in [3.63, 3.8) is 0 Å². The molecular weight excluding hydrogens is 559 g/mol. The van der Waals surface area contributed by atoms with Gasteiger partial charge in [0.15, 0.2) is 11.5 Å². The molecule has 10 nitrogen and oxygen atoms in total. The van der Waals surface area contributed by atoms with Crippen LogP contribution in [0.25, 0.3) is 0 Å². The molecule has 0 aliphatic heterocycles. The van der Waals surface area contributed by atoms with Gasteiger partial charge in [-0.2, -0.15) is 5.10 Å². The van der Waals surface area contributed by atoms with Gasteiger partial charge in [0, 0.05) is 17.7 Å². The number of amides is 2. The molecule has 0 bridgehead atoms. The van der Waals surface area contributed by atoms with Crippen molar-refractivity contribution in [2.24, 2.45) is 11.0 Å². The minimum absolute atomic E-state index is 0.00283. The number of nitro groups is 1. The van der Waals surface area contributed by atoms with Crippen LogP contribution >= 0.6 is 23.2 Å². The first-order valence-corrected chi connectivity index (χ1v) is 13.1. The van der Waals surface area contributed by atoms with E-state index >= 15 is 0 Å². The van der Waals surface area contributed by atoms with E-state index in [1.807, 2.05) is 6.92 Å². The van der Waals surface area contributed by atoms with E-state index < -0.39 is 22.8 Å². The maximum Gasteiger partial charge on any atom is 0.269 e. The molecule has 0 spiro atoms. The number of hydrazone groups is 1. The largest absolute Gasteiger partial charge is 0.490 e. The van der Waals surface area contributed by atoms with Crippen molar-refractivity contribution >= 4 is 46.9 Å². The first-order chi connectivity index (χ1) is 19.1. The highest BCUT2D eigenvalue weighted by Crippen LogP contribution is 2.29. The van der Waals surface area contributed by atoms with Crippen molar-refractivity contribution in [1.29, 1.82) is 0 Å². The minimum atomic E-state index is -0.853. The van der Waals surface area contributed by atoms with E-state index in [0.29, 0.717) is 28.7 Å². The van der Waals surface area contributed by atoms with Crippen molar-refractivity contribution < 1.29 is 24.0 Å². The number of carbonyl (C=O) groups excluding carboxylic acids is 2. The summed E-state index contributed by atoms with van der Waals surface area (Å²) in [6.07, 6.45) is 1.44. The molecule has 0 aliphatic carbocycles. The number of carbonyl (C=O) groups is 2. The fourth-order valence-electron chi connectivity index (χ4n) is 3.50. The van der Waals surface area contributed by atoms with E-state index in [2.05, 4.69) is 15.8 Å². The van der Waals surface area contributed by atoms with Crippen molar-refractivity contribution in [3.8, 4) is 11.5 Å². The Kier molecular flexibility index (Phi) is 10.9. The number of nitrogens with zero attached hydrogens (tertiary/aromatic N) is 2. The Balaban J connectivity index is 1.63. The third kappa shape index (κ3) is 8.42. The smallest absolute Gasteiger partial charge is 0.269 e. The molecule has 1 atom stereocenters. The van der Waals surface area contributed by atoms with E-state index in [0.717, 1.165) is 5.56 Å². The molecule has 3 aromatic carbocycles. The first kappa shape index (κ1) is 30.4. The van der Waals surface area contributed by atoms with Crippen LogP contribution in [0, 0.1) is 16.0 Å². The molecule has 3 rings (SSSR count). The van der Waals surface area contributed by atoms with Crippen molar-refractivity contribution in [1.82, 2.24) is 10.7 Å². The molecular formula is C28H28Cl2N4O6. The number of nitrogens with one attached hydrogen (secondary N) is 2. The highest BCUT2D eigenvalue weighted by Gasteiger charge is 2.24. The van der Waals surface area contributed by atoms with Crippen LogP contribution in [0.15, 0.2) is 65.8 Å². The van der Waals surface area contributed by atoms with Crippen LogP contribution in [-0.4, -0.2) is 35.6 Å². The second kappa shape index (κ2) is 14.3. The molecule has 0 saturated heterocycles. The number of nitro benzene ring substituents is 1. The summed E-state index contributed by atoms with van der Waals surface area (Å²) in [6, 6.07) is 14.8. The van der Waals surface area contributed by atoms with E-state index in [4.69, 9.17) is 32.7 Å². The summed E-state index contributed by atoms with van der Waals surface area (Å²) in [6.45, 7) is 6.01. The lowest BCUT2D eigenvalue weighted by Crippen LogP contribution is -2.48. The predicted octanol–water partition coefficient (Wildman–Crippen LogP) is 5.78.